The molecule has 3 aromatic rings. The fourth-order valence-electron chi connectivity index (χ4n) is 8.70. The van der Waals surface area contributed by atoms with Crippen LogP contribution >= 0.6 is 11.6 Å². The molecule has 6 heteroatoms. The SMILES string of the molecule is CCOc1cc(O[C@H]2CCc3c(-c4cccc(OCCCN5[C@H](C)CC[C@H]5C)c4C)cccc32)c(Cl)cc1CC1CCCCC(O)CCC1. The molecule has 0 amide bonds. The summed E-state index contributed by atoms with van der Waals surface area (Å²) in [6.45, 7) is 11.4. The maximum Gasteiger partial charge on any atom is 0.142 e. The van der Waals surface area contributed by atoms with Crippen molar-refractivity contribution in [3.63, 3.8) is 0 Å². The molecule has 1 aliphatic heterocycles. The van der Waals surface area contributed by atoms with Gasteiger partial charge in [-0.2, -0.15) is 0 Å². The Morgan fingerprint density at radius 1 is 0.816 bits per heavy atom. The monoisotopic (exact) mass is 687 g/mol. The standard InChI is InChI=1S/C43H58ClNO4/c1-5-47-42-28-43(39(44)27-33(42)26-32-12-6-7-14-34(46)15-8-13-32)49-41-23-22-37-36(17-9-18-38(37)41)35-16-10-19-40(31(35)4)48-25-11-24-45-29(2)20-21-30(45)3/h9-10,16-19,27-30,32,34,41,46H,5-8,11-15,20-26H2,1-4H3/t29-,30-,32?,34?,41+/m1/s1. The van der Waals surface area contributed by atoms with E-state index < -0.39 is 0 Å². The number of rotatable bonds is 12. The number of hydrogen-bond donors (Lipinski definition) is 1. The van der Waals surface area contributed by atoms with E-state index in [1.54, 1.807) is 0 Å². The van der Waals surface area contributed by atoms with Crippen LogP contribution in [0, 0.1) is 12.8 Å². The number of nitrogens with zero attached hydrogens (tertiary/aromatic N) is 1. The molecule has 3 aliphatic rings. The third kappa shape index (κ3) is 8.78. The fraction of sp³-hybridized carbons (Fsp3) is 0.581. The van der Waals surface area contributed by atoms with Gasteiger partial charge in [-0.15, -0.1) is 0 Å². The maximum absolute atomic E-state index is 10.2. The molecule has 0 radical (unpaired) electrons. The molecule has 1 saturated heterocycles. The van der Waals surface area contributed by atoms with Crippen LogP contribution in [0.4, 0.5) is 0 Å². The summed E-state index contributed by atoms with van der Waals surface area (Å²) in [4.78, 5) is 2.63. The molecule has 5 atom stereocenters. The summed E-state index contributed by atoms with van der Waals surface area (Å²) >= 11 is 6.97. The molecule has 1 saturated carbocycles. The van der Waals surface area contributed by atoms with Crippen molar-refractivity contribution in [3.8, 4) is 28.4 Å². The highest BCUT2D eigenvalue weighted by Crippen LogP contribution is 2.44. The van der Waals surface area contributed by atoms with E-state index in [2.05, 4.69) is 68.1 Å². The Morgan fingerprint density at radius 2 is 1.55 bits per heavy atom. The van der Waals surface area contributed by atoms with Gasteiger partial charge < -0.3 is 19.3 Å². The van der Waals surface area contributed by atoms with Crippen LogP contribution in [0.5, 0.6) is 17.2 Å². The van der Waals surface area contributed by atoms with Crippen molar-refractivity contribution in [1.29, 1.82) is 0 Å². The summed E-state index contributed by atoms with van der Waals surface area (Å²) in [5.74, 6) is 3.12. The van der Waals surface area contributed by atoms with Crippen LogP contribution < -0.4 is 14.2 Å². The van der Waals surface area contributed by atoms with Crippen LogP contribution in [0.1, 0.15) is 120 Å². The summed E-state index contributed by atoms with van der Waals surface area (Å²) in [6, 6.07) is 18.5. The van der Waals surface area contributed by atoms with Crippen LogP contribution in [-0.2, 0) is 12.8 Å². The predicted octanol–water partition coefficient (Wildman–Crippen LogP) is 10.7. The molecule has 2 aliphatic carbocycles. The van der Waals surface area contributed by atoms with Crippen LogP contribution in [0.3, 0.4) is 0 Å². The highest BCUT2D eigenvalue weighted by Gasteiger charge is 2.29. The first-order valence-corrected chi connectivity index (χ1v) is 19.6. The third-order valence-corrected chi connectivity index (χ3v) is 11.8. The average Bonchev–Trinajstić information content (AvgIpc) is 3.67. The van der Waals surface area contributed by atoms with Gasteiger partial charge in [0.15, 0.2) is 0 Å². The number of aliphatic hydroxyl groups excluding tert-OH is 1. The van der Waals surface area contributed by atoms with E-state index in [1.807, 2.05) is 13.0 Å². The molecular weight excluding hydrogens is 630 g/mol. The van der Waals surface area contributed by atoms with Crippen LogP contribution in [-0.4, -0.2) is 48.0 Å². The molecule has 49 heavy (non-hydrogen) atoms. The van der Waals surface area contributed by atoms with E-state index in [-0.39, 0.29) is 12.2 Å². The lowest BCUT2D eigenvalue weighted by atomic mass is 9.90. The topological polar surface area (TPSA) is 51.2 Å². The molecule has 0 bridgehead atoms. The lowest BCUT2D eigenvalue weighted by Crippen LogP contribution is -2.34. The minimum atomic E-state index is -0.142. The highest BCUT2D eigenvalue weighted by atomic mass is 35.5. The van der Waals surface area contributed by atoms with Gasteiger partial charge in [0, 0.05) is 24.7 Å². The first-order chi connectivity index (χ1) is 23.8. The fourth-order valence-corrected chi connectivity index (χ4v) is 8.93. The second-order valence-corrected chi connectivity index (χ2v) is 15.3. The molecule has 266 valence electrons. The Hall–Kier alpha value is -2.73. The Kier molecular flexibility index (Phi) is 12.5. The first-order valence-electron chi connectivity index (χ1n) is 19.2. The van der Waals surface area contributed by atoms with Crippen molar-refractivity contribution in [3.05, 3.63) is 75.8 Å². The molecule has 5 nitrogen and oxygen atoms in total. The van der Waals surface area contributed by atoms with Crippen molar-refractivity contribution in [2.75, 3.05) is 19.8 Å². The van der Waals surface area contributed by atoms with E-state index >= 15 is 0 Å². The van der Waals surface area contributed by atoms with Crippen molar-refractivity contribution < 1.29 is 19.3 Å². The average molecular weight is 688 g/mol. The van der Waals surface area contributed by atoms with Gasteiger partial charge >= 0.3 is 0 Å². The van der Waals surface area contributed by atoms with E-state index in [9.17, 15) is 5.11 Å². The van der Waals surface area contributed by atoms with Crippen LogP contribution in [0.25, 0.3) is 11.1 Å². The molecule has 3 aromatic carbocycles. The number of aliphatic hydroxyl groups is 1. The zero-order chi connectivity index (χ0) is 34.3. The summed E-state index contributed by atoms with van der Waals surface area (Å²) in [6.07, 6.45) is 13.7. The van der Waals surface area contributed by atoms with Crippen molar-refractivity contribution in [2.24, 2.45) is 5.92 Å². The normalized spacial score (nSPS) is 24.6. The van der Waals surface area contributed by atoms with E-state index in [0.717, 1.165) is 94.4 Å². The smallest absolute Gasteiger partial charge is 0.142 e. The zero-order valence-electron chi connectivity index (χ0n) is 30.3. The number of ether oxygens (including phenoxy) is 3. The summed E-state index contributed by atoms with van der Waals surface area (Å²) in [5.41, 5.74) is 7.45. The number of benzene rings is 3. The van der Waals surface area contributed by atoms with E-state index in [1.165, 1.54) is 47.1 Å². The Labute approximate surface area is 300 Å². The Morgan fingerprint density at radius 3 is 2.37 bits per heavy atom. The quantitative estimate of drug-likeness (QED) is 0.192. The minimum absolute atomic E-state index is 0.0660. The summed E-state index contributed by atoms with van der Waals surface area (Å²) in [5, 5.41) is 10.8. The Balaban J connectivity index is 1.14. The van der Waals surface area contributed by atoms with E-state index in [0.29, 0.717) is 35.4 Å². The molecule has 6 rings (SSSR count). The predicted molar refractivity (Wildman–Crippen MR) is 201 cm³/mol. The van der Waals surface area contributed by atoms with Gasteiger partial charge in [0.2, 0.25) is 0 Å². The molecule has 0 spiro atoms. The highest BCUT2D eigenvalue weighted by molar-refractivity contribution is 6.32. The number of hydrogen-bond acceptors (Lipinski definition) is 5. The summed E-state index contributed by atoms with van der Waals surface area (Å²) in [7, 11) is 0. The van der Waals surface area contributed by atoms with Gasteiger partial charge in [0.1, 0.15) is 23.4 Å². The third-order valence-electron chi connectivity index (χ3n) is 11.5. The minimum Gasteiger partial charge on any atom is -0.493 e. The van der Waals surface area contributed by atoms with Gasteiger partial charge in [0.25, 0.3) is 0 Å². The van der Waals surface area contributed by atoms with Gasteiger partial charge in [-0.1, -0.05) is 74.0 Å². The Bertz CT molecular complexity index is 1530. The van der Waals surface area contributed by atoms with Crippen molar-refractivity contribution in [1.82, 2.24) is 4.90 Å². The van der Waals surface area contributed by atoms with Crippen LogP contribution in [0.2, 0.25) is 5.02 Å². The second kappa shape index (κ2) is 17.0. The molecule has 2 fully saturated rings. The van der Waals surface area contributed by atoms with Gasteiger partial charge in [0.05, 0.1) is 24.3 Å². The second-order valence-electron chi connectivity index (χ2n) is 14.9. The molecule has 1 heterocycles. The molecule has 1 N–H and O–H groups in total. The molecular formula is C43H58ClNO4. The maximum atomic E-state index is 10.2. The van der Waals surface area contributed by atoms with Crippen molar-refractivity contribution >= 4 is 11.6 Å². The number of fused-ring (bicyclic) bond motifs is 1. The summed E-state index contributed by atoms with van der Waals surface area (Å²) < 4.78 is 19.3. The molecule has 0 aromatic heterocycles. The van der Waals surface area contributed by atoms with Gasteiger partial charge in [-0.3, -0.25) is 4.90 Å². The van der Waals surface area contributed by atoms with Gasteiger partial charge in [-0.25, -0.2) is 0 Å². The zero-order valence-corrected chi connectivity index (χ0v) is 31.1. The van der Waals surface area contributed by atoms with Crippen molar-refractivity contribution in [2.45, 2.75) is 135 Å². The largest absolute Gasteiger partial charge is 0.493 e. The lowest BCUT2D eigenvalue weighted by molar-refractivity contribution is 0.149. The first kappa shape index (κ1) is 36.1. The van der Waals surface area contributed by atoms with E-state index in [4.69, 9.17) is 25.8 Å². The van der Waals surface area contributed by atoms with Crippen LogP contribution in [0.15, 0.2) is 48.5 Å². The number of halogens is 1. The lowest BCUT2D eigenvalue weighted by Gasteiger charge is -2.25. The molecule has 2 unspecified atom stereocenters. The van der Waals surface area contributed by atoms with Gasteiger partial charge in [-0.05, 0) is 130 Å². The number of likely N-dealkylation sites (tertiary alicyclic amines) is 1.